The Labute approximate surface area is 147 Å². The first kappa shape index (κ1) is 17.8. The van der Waals surface area contributed by atoms with Gasteiger partial charge in [-0.15, -0.1) is 0 Å². The van der Waals surface area contributed by atoms with Crippen molar-refractivity contribution in [1.29, 1.82) is 5.26 Å². The number of ether oxygens (including phenoxy) is 1. The lowest BCUT2D eigenvalue weighted by Crippen LogP contribution is -2.31. The van der Waals surface area contributed by atoms with E-state index < -0.39 is 0 Å². The number of benzene rings is 2. The second-order valence-electron chi connectivity index (χ2n) is 5.43. The van der Waals surface area contributed by atoms with E-state index in [1.807, 2.05) is 12.1 Å². The van der Waals surface area contributed by atoms with Crippen LogP contribution >= 0.6 is 11.6 Å². The van der Waals surface area contributed by atoms with Gasteiger partial charge in [0.1, 0.15) is 12.4 Å². The summed E-state index contributed by atoms with van der Waals surface area (Å²) in [7, 11) is 1.77. The van der Waals surface area contributed by atoms with Gasteiger partial charge in [-0.2, -0.15) is 5.26 Å². The Hall–Kier alpha value is -2.51. The molecular weight excluding hydrogens is 324 g/mol. The second kappa shape index (κ2) is 8.95. The largest absolute Gasteiger partial charge is 0.492 e. The van der Waals surface area contributed by atoms with Gasteiger partial charge in [-0.1, -0.05) is 23.7 Å². The minimum absolute atomic E-state index is 0.0686. The number of nitrogens with zero attached hydrogens (tertiary/aromatic N) is 2. The molecule has 0 spiro atoms. The van der Waals surface area contributed by atoms with Gasteiger partial charge in [-0.05, 0) is 48.4 Å². The van der Waals surface area contributed by atoms with E-state index in [0.717, 1.165) is 11.3 Å². The summed E-state index contributed by atoms with van der Waals surface area (Å²) in [5.41, 5.74) is 1.68. The molecule has 2 aromatic rings. The number of nitriles is 1. The van der Waals surface area contributed by atoms with Crippen LogP contribution in [0.15, 0.2) is 48.5 Å². The fraction of sp³-hybridized carbons (Fsp3) is 0.263. The van der Waals surface area contributed by atoms with Gasteiger partial charge in [0.25, 0.3) is 0 Å². The van der Waals surface area contributed by atoms with Crippen molar-refractivity contribution >= 4 is 17.5 Å². The van der Waals surface area contributed by atoms with Crippen LogP contribution in [-0.4, -0.2) is 31.0 Å². The molecule has 0 bridgehead atoms. The molecule has 0 aliphatic heterocycles. The smallest absolute Gasteiger partial charge is 0.222 e. The molecule has 0 atom stereocenters. The quantitative estimate of drug-likeness (QED) is 0.771. The molecule has 4 nitrogen and oxygen atoms in total. The summed E-state index contributed by atoms with van der Waals surface area (Å²) in [4.78, 5) is 13.8. The highest BCUT2D eigenvalue weighted by molar-refractivity contribution is 6.30. The molecule has 0 fully saturated rings. The third-order valence-corrected chi connectivity index (χ3v) is 3.90. The lowest BCUT2D eigenvalue weighted by molar-refractivity contribution is -0.130. The standard InChI is InChI=1S/C19H19ClN2O2/c1-22(12-13-24-18-9-7-17(20)8-10-18)19(23)11-6-15-2-4-16(14-21)5-3-15/h2-5,7-10H,6,11-13H2,1H3. The average molecular weight is 343 g/mol. The SMILES string of the molecule is CN(CCOc1ccc(Cl)cc1)C(=O)CCc1ccc(C#N)cc1. The molecule has 2 rings (SSSR count). The predicted octanol–water partition coefficient (Wildman–Crippen LogP) is 3.68. The third-order valence-electron chi connectivity index (χ3n) is 3.65. The molecule has 24 heavy (non-hydrogen) atoms. The van der Waals surface area contributed by atoms with Crippen molar-refractivity contribution < 1.29 is 9.53 Å². The van der Waals surface area contributed by atoms with Gasteiger partial charge in [0.05, 0.1) is 18.2 Å². The molecule has 0 aliphatic rings. The fourth-order valence-corrected chi connectivity index (χ4v) is 2.27. The number of halogens is 1. The normalized spacial score (nSPS) is 10.0. The molecular formula is C19H19ClN2O2. The maximum Gasteiger partial charge on any atom is 0.222 e. The van der Waals surface area contributed by atoms with Crippen molar-refractivity contribution in [3.63, 3.8) is 0 Å². The lowest BCUT2D eigenvalue weighted by atomic mass is 10.1. The minimum atomic E-state index is 0.0686. The second-order valence-corrected chi connectivity index (χ2v) is 5.86. The molecule has 1 amide bonds. The van der Waals surface area contributed by atoms with Crippen LogP contribution in [0.4, 0.5) is 0 Å². The molecule has 0 N–H and O–H groups in total. The number of likely N-dealkylation sites (N-methyl/N-ethyl adjacent to an activating group) is 1. The molecule has 0 aromatic heterocycles. The highest BCUT2D eigenvalue weighted by Crippen LogP contribution is 2.15. The number of carbonyl (C=O) groups excluding carboxylic acids is 1. The van der Waals surface area contributed by atoms with Crippen LogP contribution in [0.2, 0.25) is 5.02 Å². The summed E-state index contributed by atoms with van der Waals surface area (Å²) in [5.74, 6) is 0.803. The lowest BCUT2D eigenvalue weighted by Gasteiger charge is -2.17. The maximum absolute atomic E-state index is 12.1. The van der Waals surface area contributed by atoms with E-state index in [-0.39, 0.29) is 5.91 Å². The Morgan fingerprint density at radius 3 is 2.46 bits per heavy atom. The highest BCUT2D eigenvalue weighted by atomic mass is 35.5. The first-order valence-corrected chi connectivity index (χ1v) is 8.07. The molecule has 2 aromatic carbocycles. The summed E-state index contributed by atoms with van der Waals surface area (Å²) < 4.78 is 5.59. The third kappa shape index (κ3) is 5.60. The van der Waals surface area contributed by atoms with Gasteiger partial charge in [0.2, 0.25) is 5.91 Å². The molecule has 0 saturated heterocycles. The number of amides is 1. The van der Waals surface area contributed by atoms with Crippen LogP contribution < -0.4 is 4.74 Å². The number of carbonyl (C=O) groups is 1. The average Bonchev–Trinajstić information content (AvgIpc) is 2.61. The summed E-state index contributed by atoms with van der Waals surface area (Å²) in [6.45, 7) is 0.954. The minimum Gasteiger partial charge on any atom is -0.492 e. The van der Waals surface area contributed by atoms with Crippen LogP contribution in [0.5, 0.6) is 5.75 Å². The summed E-state index contributed by atoms with van der Waals surface area (Å²) in [5, 5.41) is 9.43. The van der Waals surface area contributed by atoms with Crippen molar-refractivity contribution in [2.75, 3.05) is 20.2 Å². The van der Waals surface area contributed by atoms with Crippen LogP contribution in [0.25, 0.3) is 0 Å². The van der Waals surface area contributed by atoms with Gasteiger partial charge in [0.15, 0.2) is 0 Å². The van der Waals surface area contributed by atoms with Gasteiger partial charge in [0, 0.05) is 18.5 Å². The number of aryl methyl sites for hydroxylation is 1. The van der Waals surface area contributed by atoms with Crippen LogP contribution in [0.1, 0.15) is 17.5 Å². The number of rotatable bonds is 7. The Morgan fingerprint density at radius 1 is 1.17 bits per heavy atom. The first-order valence-electron chi connectivity index (χ1n) is 7.70. The Kier molecular flexibility index (Phi) is 6.65. The van der Waals surface area contributed by atoms with E-state index in [0.29, 0.717) is 36.6 Å². The Morgan fingerprint density at radius 2 is 1.83 bits per heavy atom. The maximum atomic E-state index is 12.1. The summed E-state index contributed by atoms with van der Waals surface area (Å²) in [6, 6.07) is 16.5. The van der Waals surface area contributed by atoms with Crippen molar-refractivity contribution in [3.8, 4) is 11.8 Å². The zero-order valence-electron chi connectivity index (χ0n) is 13.5. The topological polar surface area (TPSA) is 53.3 Å². The molecule has 0 aliphatic carbocycles. The molecule has 0 saturated carbocycles. The summed E-state index contributed by atoms with van der Waals surface area (Å²) in [6.07, 6.45) is 1.09. The van der Waals surface area contributed by atoms with Crippen molar-refractivity contribution in [2.24, 2.45) is 0 Å². The fourth-order valence-electron chi connectivity index (χ4n) is 2.14. The van der Waals surface area contributed by atoms with Crippen LogP contribution in [0.3, 0.4) is 0 Å². The number of hydrogen-bond donors (Lipinski definition) is 0. The zero-order valence-corrected chi connectivity index (χ0v) is 14.3. The van der Waals surface area contributed by atoms with Crippen molar-refractivity contribution in [3.05, 3.63) is 64.7 Å². The molecule has 0 unspecified atom stereocenters. The van der Waals surface area contributed by atoms with Gasteiger partial charge >= 0.3 is 0 Å². The van der Waals surface area contributed by atoms with Gasteiger partial charge in [-0.3, -0.25) is 4.79 Å². The first-order chi connectivity index (χ1) is 11.6. The monoisotopic (exact) mass is 342 g/mol. The molecule has 5 heteroatoms. The van der Waals surface area contributed by atoms with Crippen LogP contribution in [-0.2, 0) is 11.2 Å². The van der Waals surface area contributed by atoms with E-state index in [1.54, 1.807) is 48.3 Å². The van der Waals surface area contributed by atoms with E-state index in [4.69, 9.17) is 21.6 Å². The number of hydrogen-bond acceptors (Lipinski definition) is 3. The van der Waals surface area contributed by atoms with E-state index in [9.17, 15) is 4.79 Å². The Balaban J connectivity index is 1.71. The van der Waals surface area contributed by atoms with E-state index >= 15 is 0 Å². The zero-order chi connectivity index (χ0) is 17.4. The molecule has 124 valence electrons. The summed E-state index contributed by atoms with van der Waals surface area (Å²) >= 11 is 5.82. The van der Waals surface area contributed by atoms with Crippen molar-refractivity contribution in [1.82, 2.24) is 4.90 Å². The Bertz CT molecular complexity index is 706. The highest BCUT2D eigenvalue weighted by Gasteiger charge is 2.09. The van der Waals surface area contributed by atoms with Gasteiger partial charge in [-0.25, -0.2) is 0 Å². The van der Waals surface area contributed by atoms with Crippen molar-refractivity contribution in [2.45, 2.75) is 12.8 Å². The molecule has 0 heterocycles. The van der Waals surface area contributed by atoms with Gasteiger partial charge < -0.3 is 9.64 Å². The molecule has 0 radical (unpaired) electrons. The van der Waals surface area contributed by atoms with Crippen LogP contribution in [0, 0.1) is 11.3 Å². The predicted molar refractivity (Wildman–Crippen MR) is 94.1 cm³/mol. The van der Waals surface area contributed by atoms with E-state index in [1.165, 1.54) is 0 Å². The van der Waals surface area contributed by atoms with E-state index in [2.05, 4.69) is 6.07 Å².